The van der Waals surface area contributed by atoms with Crippen molar-refractivity contribution in [2.45, 2.75) is 19.4 Å². The zero-order chi connectivity index (χ0) is 15.5. The lowest BCUT2D eigenvalue weighted by molar-refractivity contribution is -0.479. The highest BCUT2D eigenvalue weighted by molar-refractivity contribution is 5.59. The molecule has 0 unspecified atom stereocenters. The highest BCUT2D eigenvalue weighted by Crippen LogP contribution is 2.32. The van der Waals surface area contributed by atoms with Gasteiger partial charge in [0.1, 0.15) is 5.82 Å². The second kappa shape index (κ2) is 6.13. The van der Waals surface area contributed by atoms with Gasteiger partial charge in [0, 0.05) is 30.1 Å². The smallest absolute Gasteiger partial charge is 0.208 e. The SMILES string of the molecule is O=[N+]([O-])CCc1cc2c(cc1F)N(Cc1ccccc1)CC2. The van der Waals surface area contributed by atoms with Crippen LogP contribution in [0.15, 0.2) is 42.5 Å². The topological polar surface area (TPSA) is 46.4 Å². The van der Waals surface area contributed by atoms with Crippen molar-refractivity contribution in [1.82, 2.24) is 0 Å². The molecular formula is C17H17FN2O2. The van der Waals surface area contributed by atoms with E-state index in [-0.39, 0.29) is 18.8 Å². The molecule has 0 N–H and O–H groups in total. The van der Waals surface area contributed by atoms with Crippen LogP contribution in [-0.4, -0.2) is 18.0 Å². The number of hydrogen-bond acceptors (Lipinski definition) is 3. The van der Waals surface area contributed by atoms with E-state index in [2.05, 4.69) is 17.0 Å². The fourth-order valence-corrected chi connectivity index (χ4v) is 2.90. The molecule has 1 heterocycles. The van der Waals surface area contributed by atoms with Crippen molar-refractivity contribution in [3.8, 4) is 0 Å². The molecule has 0 radical (unpaired) electrons. The van der Waals surface area contributed by atoms with E-state index in [0.29, 0.717) is 5.56 Å². The van der Waals surface area contributed by atoms with E-state index in [1.54, 1.807) is 6.07 Å². The summed E-state index contributed by atoms with van der Waals surface area (Å²) in [4.78, 5) is 12.2. The van der Waals surface area contributed by atoms with Gasteiger partial charge in [0.05, 0.1) is 0 Å². The summed E-state index contributed by atoms with van der Waals surface area (Å²) in [7, 11) is 0. The lowest BCUT2D eigenvalue weighted by Gasteiger charge is -2.20. The maximum atomic E-state index is 14.2. The van der Waals surface area contributed by atoms with Gasteiger partial charge < -0.3 is 4.90 Å². The first kappa shape index (κ1) is 14.5. The summed E-state index contributed by atoms with van der Waals surface area (Å²) in [6, 6.07) is 13.4. The third-order valence-corrected chi connectivity index (χ3v) is 4.02. The van der Waals surface area contributed by atoms with Crippen molar-refractivity contribution < 1.29 is 9.31 Å². The standard InChI is InChI=1S/C17H17FN2O2/c18-16-11-17-15(10-14(16)7-9-20(21)22)6-8-19(17)12-13-4-2-1-3-5-13/h1-5,10-11H,6-9,12H2. The molecule has 0 amide bonds. The maximum Gasteiger partial charge on any atom is 0.208 e. The zero-order valence-corrected chi connectivity index (χ0v) is 12.2. The summed E-state index contributed by atoms with van der Waals surface area (Å²) in [6.07, 6.45) is 0.999. The third-order valence-electron chi connectivity index (χ3n) is 4.02. The first-order chi connectivity index (χ1) is 10.6. The van der Waals surface area contributed by atoms with Crippen molar-refractivity contribution >= 4 is 5.69 Å². The van der Waals surface area contributed by atoms with Crippen LogP contribution in [0.3, 0.4) is 0 Å². The minimum absolute atomic E-state index is 0.144. The number of halogens is 1. The van der Waals surface area contributed by atoms with Gasteiger partial charge in [0.2, 0.25) is 6.54 Å². The minimum atomic E-state index is -0.408. The molecule has 0 aliphatic carbocycles. The Morgan fingerprint density at radius 2 is 2.00 bits per heavy atom. The molecule has 0 atom stereocenters. The van der Waals surface area contributed by atoms with Crippen LogP contribution in [0.4, 0.5) is 10.1 Å². The van der Waals surface area contributed by atoms with E-state index in [4.69, 9.17) is 0 Å². The molecule has 1 aliphatic rings. The minimum Gasteiger partial charge on any atom is -0.367 e. The molecule has 1 aliphatic heterocycles. The van der Waals surface area contributed by atoms with Gasteiger partial charge in [-0.2, -0.15) is 0 Å². The zero-order valence-electron chi connectivity index (χ0n) is 12.2. The van der Waals surface area contributed by atoms with Gasteiger partial charge in [-0.3, -0.25) is 10.1 Å². The monoisotopic (exact) mass is 300 g/mol. The maximum absolute atomic E-state index is 14.2. The lowest BCUT2D eigenvalue weighted by Crippen LogP contribution is -2.19. The largest absolute Gasteiger partial charge is 0.367 e. The average molecular weight is 300 g/mol. The molecule has 114 valence electrons. The molecule has 0 saturated heterocycles. The van der Waals surface area contributed by atoms with Crippen LogP contribution in [0, 0.1) is 15.9 Å². The number of fused-ring (bicyclic) bond motifs is 1. The van der Waals surface area contributed by atoms with E-state index in [1.807, 2.05) is 18.2 Å². The predicted octanol–water partition coefficient (Wildman–Crippen LogP) is 3.21. The molecule has 2 aromatic rings. The van der Waals surface area contributed by atoms with E-state index in [0.717, 1.165) is 30.8 Å². The molecule has 0 aromatic heterocycles. The van der Waals surface area contributed by atoms with E-state index < -0.39 is 4.92 Å². The normalized spacial score (nSPS) is 13.2. The molecule has 5 heteroatoms. The fourth-order valence-electron chi connectivity index (χ4n) is 2.90. The van der Waals surface area contributed by atoms with Crippen molar-refractivity contribution in [3.63, 3.8) is 0 Å². The Kier molecular flexibility index (Phi) is 4.04. The number of nitro groups is 1. The van der Waals surface area contributed by atoms with Crippen molar-refractivity contribution in [2.24, 2.45) is 0 Å². The second-order valence-corrected chi connectivity index (χ2v) is 5.54. The summed E-state index contributed by atoms with van der Waals surface area (Å²) in [5.74, 6) is -0.347. The number of benzene rings is 2. The quantitative estimate of drug-likeness (QED) is 0.629. The Hall–Kier alpha value is -2.43. The number of nitrogens with zero attached hydrogens (tertiary/aromatic N) is 2. The van der Waals surface area contributed by atoms with E-state index >= 15 is 0 Å². The first-order valence-electron chi connectivity index (χ1n) is 7.35. The fraction of sp³-hybridized carbons (Fsp3) is 0.294. The number of anilines is 1. The van der Waals surface area contributed by atoms with Crippen LogP contribution in [0.25, 0.3) is 0 Å². The Morgan fingerprint density at radius 3 is 2.73 bits per heavy atom. The van der Waals surface area contributed by atoms with Gasteiger partial charge >= 0.3 is 0 Å². The summed E-state index contributed by atoms with van der Waals surface area (Å²) in [6.45, 7) is 1.37. The molecule has 0 spiro atoms. The second-order valence-electron chi connectivity index (χ2n) is 5.54. The van der Waals surface area contributed by atoms with E-state index in [1.165, 1.54) is 11.6 Å². The molecule has 4 nitrogen and oxygen atoms in total. The van der Waals surface area contributed by atoms with Gasteiger partial charge in [0.15, 0.2) is 0 Å². The van der Waals surface area contributed by atoms with Gasteiger partial charge in [0.25, 0.3) is 0 Å². The number of rotatable bonds is 5. The van der Waals surface area contributed by atoms with Crippen LogP contribution >= 0.6 is 0 Å². The summed E-state index contributed by atoms with van der Waals surface area (Å²) in [5, 5.41) is 10.4. The Labute approximate surface area is 128 Å². The highest BCUT2D eigenvalue weighted by Gasteiger charge is 2.22. The predicted molar refractivity (Wildman–Crippen MR) is 83.2 cm³/mol. The highest BCUT2D eigenvalue weighted by atomic mass is 19.1. The lowest BCUT2D eigenvalue weighted by atomic mass is 10.1. The van der Waals surface area contributed by atoms with Crippen LogP contribution in [0.1, 0.15) is 16.7 Å². The summed E-state index contributed by atoms with van der Waals surface area (Å²) < 4.78 is 14.2. The molecule has 2 aromatic carbocycles. The molecular weight excluding hydrogens is 283 g/mol. The summed E-state index contributed by atoms with van der Waals surface area (Å²) >= 11 is 0. The first-order valence-corrected chi connectivity index (χ1v) is 7.35. The van der Waals surface area contributed by atoms with Gasteiger partial charge in [-0.1, -0.05) is 36.4 Å². The van der Waals surface area contributed by atoms with Crippen LogP contribution < -0.4 is 4.90 Å². The van der Waals surface area contributed by atoms with E-state index in [9.17, 15) is 14.5 Å². The van der Waals surface area contributed by atoms with Gasteiger partial charge in [-0.25, -0.2) is 4.39 Å². The molecule has 0 fully saturated rings. The molecule has 3 rings (SSSR count). The van der Waals surface area contributed by atoms with Gasteiger partial charge in [-0.15, -0.1) is 0 Å². The van der Waals surface area contributed by atoms with Crippen molar-refractivity contribution in [3.05, 3.63) is 75.1 Å². The van der Waals surface area contributed by atoms with Crippen molar-refractivity contribution in [1.29, 1.82) is 0 Å². The Morgan fingerprint density at radius 1 is 1.23 bits per heavy atom. The summed E-state index contributed by atoms with van der Waals surface area (Å²) in [5.41, 5.74) is 3.62. The third kappa shape index (κ3) is 3.08. The van der Waals surface area contributed by atoms with Crippen LogP contribution in [-0.2, 0) is 19.4 Å². The Bertz CT molecular complexity index is 689. The van der Waals surface area contributed by atoms with Crippen LogP contribution in [0.2, 0.25) is 0 Å². The van der Waals surface area contributed by atoms with Crippen molar-refractivity contribution in [2.75, 3.05) is 18.0 Å². The molecule has 0 bridgehead atoms. The Balaban J connectivity index is 1.79. The molecule has 22 heavy (non-hydrogen) atoms. The van der Waals surface area contributed by atoms with Gasteiger partial charge in [-0.05, 0) is 29.2 Å². The van der Waals surface area contributed by atoms with Crippen LogP contribution in [0.5, 0.6) is 0 Å². The molecule has 0 saturated carbocycles. The average Bonchev–Trinajstić information content (AvgIpc) is 2.88. The number of hydrogen-bond donors (Lipinski definition) is 0.